The molecule has 0 saturated carbocycles. The van der Waals surface area contributed by atoms with Crippen molar-refractivity contribution < 1.29 is 43.4 Å². The van der Waals surface area contributed by atoms with E-state index in [1.54, 1.807) is 0 Å². The Kier molecular flexibility index (Phi) is 13.5. The highest BCUT2D eigenvalue weighted by molar-refractivity contribution is 7.72. The highest BCUT2D eigenvalue weighted by Gasteiger charge is 2.58. The minimum absolute atomic E-state index is 0.203. The summed E-state index contributed by atoms with van der Waals surface area (Å²) in [5.74, 6) is -0.369. The number of hydrogen-bond acceptors (Lipinski definition) is 7. The predicted molar refractivity (Wildman–Crippen MR) is 141 cm³/mol. The van der Waals surface area contributed by atoms with Gasteiger partial charge in [-0.1, -0.05) is 12.1 Å². The summed E-state index contributed by atoms with van der Waals surface area (Å²) in [6.45, 7) is 2.37. The van der Waals surface area contributed by atoms with E-state index in [2.05, 4.69) is 10.6 Å². The Morgan fingerprint density at radius 1 is 1.03 bits per heavy atom. The van der Waals surface area contributed by atoms with E-state index in [-0.39, 0.29) is 19.4 Å². The number of alkyl halides is 2. The Balaban J connectivity index is 2.57. The molecule has 0 saturated heterocycles. The van der Waals surface area contributed by atoms with Gasteiger partial charge in [-0.3, -0.25) is 18.7 Å². The first-order valence-corrected chi connectivity index (χ1v) is 15.5. The fourth-order valence-electron chi connectivity index (χ4n) is 3.30. The molecule has 0 bridgehead atoms. The lowest BCUT2D eigenvalue weighted by molar-refractivity contribution is -0.129. The van der Waals surface area contributed by atoms with Crippen LogP contribution in [0.25, 0.3) is 0 Å². The van der Waals surface area contributed by atoms with Gasteiger partial charge in [0.05, 0.1) is 6.04 Å². The van der Waals surface area contributed by atoms with E-state index in [9.17, 15) is 23.8 Å². The number of benzene rings is 1. The summed E-state index contributed by atoms with van der Waals surface area (Å²) in [7, 11) is -11.1. The van der Waals surface area contributed by atoms with Crippen LogP contribution in [-0.2, 0) is 25.1 Å². The molecule has 0 radical (unpaired) electrons. The van der Waals surface area contributed by atoms with Crippen molar-refractivity contribution in [3.05, 3.63) is 29.8 Å². The Hall–Kier alpha value is -1.24. The van der Waals surface area contributed by atoms with E-state index in [4.69, 9.17) is 48.5 Å². The predicted octanol–water partition coefficient (Wildman–Crippen LogP) is 0.243. The Bertz CT molecular complexity index is 963. The summed E-state index contributed by atoms with van der Waals surface area (Å²) in [5, 5.41) is 11.1. The molecule has 2 atom stereocenters. The number of carbonyl (C=O) groups excluding carboxylic acids is 2. The minimum Gasteiger partial charge on any atom is -0.369 e. The van der Waals surface area contributed by atoms with Gasteiger partial charge in [0.2, 0.25) is 11.8 Å². The van der Waals surface area contributed by atoms with E-state index in [0.29, 0.717) is 24.8 Å². The van der Waals surface area contributed by atoms with Crippen LogP contribution in [0.15, 0.2) is 24.3 Å². The molecule has 0 fully saturated rings. The molecule has 1 aromatic carbocycles. The fraction of sp³-hybridized carbons (Fsp3) is 0.600. The third-order valence-electron chi connectivity index (χ3n) is 5.48. The van der Waals surface area contributed by atoms with Gasteiger partial charge in [0, 0.05) is 43.5 Å². The third kappa shape index (κ3) is 10.1. The molecule has 0 spiro atoms. The van der Waals surface area contributed by atoms with Gasteiger partial charge in [-0.25, -0.2) is 0 Å². The first-order chi connectivity index (χ1) is 17.1. The van der Waals surface area contributed by atoms with Crippen molar-refractivity contribution in [2.75, 3.05) is 36.3 Å². The van der Waals surface area contributed by atoms with Crippen molar-refractivity contribution in [2.45, 2.75) is 43.4 Å². The maximum Gasteiger partial charge on any atom is 0.369 e. The van der Waals surface area contributed by atoms with Gasteiger partial charge in [-0.2, -0.15) is 0 Å². The Morgan fingerprint density at radius 2 is 1.54 bits per heavy atom. The van der Waals surface area contributed by atoms with Crippen LogP contribution in [0.1, 0.15) is 25.3 Å². The average molecular weight is 607 g/mol. The second-order valence-corrected chi connectivity index (χ2v) is 13.1. The first kappa shape index (κ1) is 33.8. The lowest BCUT2D eigenvalue weighted by Crippen LogP contribution is -2.51. The lowest BCUT2D eigenvalue weighted by Gasteiger charge is -2.29. The average Bonchev–Trinajstić information content (AvgIpc) is 2.80. The number of nitrogens with one attached hydrogen (secondary N) is 2. The van der Waals surface area contributed by atoms with Crippen molar-refractivity contribution >= 4 is 55.9 Å². The SMILES string of the molecule is C[C@@H](NC(=O)[C@@H](N)Cc1ccc(N(CCCl)CCCl)cc1)C(=O)NCCCC(O)(P(=O)(O)O)P(=O)(O)O. The zero-order valence-corrected chi connectivity index (χ0v) is 23.5. The van der Waals surface area contributed by atoms with Crippen LogP contribution in [0.2, 0.25) is 0 Å². The largest absolute Gasteiger partial charge is 0.369 e. The number of aliphatic hydroxyl groups is 1. The number of hydrogen-bond donors (Lipinski definition) is 8. The van der Waals surface area contributed by atoms with Crippen LogP contribution in [0, 0.1) is 0 Å². The smallest absolute Gasteiger partial charge is 0.369 e. The molecule has 13 nitrogen and oxygen atoms in total. The molecule has 9 N–H and O–H groups in total. The zero-order valence-electron chi connectivity index (χ0n) is 20.2. The van der Waals surface area contributed by atoms with Gasteiger partial charge in [0.15, 0.2) is 0 Å². The van der Waals surface area contributed by atoms with Crippen molar-refractivity contribution in [1.82, 2.24) is 10.6 Å². The number of amides is 2. The maximum atomic E-state index is 12.4. The molecule has 0 aliphatic carbocycles. The van der Waals surface area contributed by atoms with Gasteiger partial charge >= 0.3 is 15.2 Å². The molecule has 212 valence electrons. The minimum atomic E-state index is -5.57. The molecule has 0 heterocycles. The Labute approximate surface area is 225 Å². The Morgan fingerprint density at radius 3 is 2.00 bits per heavy atom. The molecular formula is C20H34Cl2N4O9P2. The summed E-state index contributed by atoms with van der Waals surface area (Å²) in [6.07, 6.45) is -1.13. The van der Waals surface area contributed by atoms with Gasteiger partial charge in [0.25, 0.3) is 5.08 Å². The molecule has 0 aromatic heterocycles. The van der Waals surface area contributed by atoms with Crippen LogP contribution >= 0.6 is 38.4 Å². The lowest BCUT2D eigenvalue weighted by atomic mass is 10.0. The number of nitrogens with zero attached hydrogens (tertiary/aromatic N) is 1. The van der Waals surface area contributed by atoms with Crippen LogP contribution in [-0.4, -0.2) is 85.1 Å². The van der Waals surface area contributed by atoms with E-state index in [1.165, 1.54) is 6.92 Å². The topological polar surface area (TPSA) is 223 Å². The summed E-state index contributed by atoms with van der Waals surface area (Å²) in [6, 6.07) is 5.41. The van der Waals surface area contributed by atoms with E-state index in [1.807, 2.05) is 29.2 Å². The van der Waals surface area contributed by atoms with Crippen LogP contribution < -0.4 is 21.3 Å². The van der Waals surface area contributed by atoms with Gasteiger partial charge < -0.3 is 45.9 Å². The first-order valence-electron chi connectivity index (χ1n) is 11.2. The van der Waals surface area contributed by atoms with E-state index in [0.717, 1.165) is 11.3 Å². The van der Waals surface area contributed by atoms with Crippen molar-refractivity contribution in [3.63, 3.8) is 0 Å². The summed E-state index contributed by atoms with van der Waals surface area (Å²) in [5.41, 5.74) is 7.70. The van der Waals surface area contributed by atoms with Crippen molar-refractivity contribution in [1.29, 1.82) is 0 Å². The van der Waals surface area contributed by atoms with Crippen molar-refractivity contribution in [2.24, 2.45) is 5.73 Å². The van der Waals surface area contributed by atoms with Crippen molar-refractivity contribution in [3.8, 4) is 0 Å². The molecule has 0 aliphatic heterocycles. The number of anilines is 1. The molecule has 0 unspecified atom stereocenters. The molecule has 1 rings (SSSR count). The standard InChI is InChI=1S/C20H34Cl2N4O9P2/c1-14(18(27)24-10-2-7-20(29,36(30,31)32)37(33,34)35)25-19(28)17(23)13-15-3-5-16(6-4-15)26(11-8-21)12-9-22/h3-6,14,17,29H,2,7-13,23H2,1H3,(H,24,27)(H,25,28)(H2,30,31,32)(H2,33,34,35)/t14-,17+/m1/s1. The van der Waals surface area contributed by atoms with Crippen LogP contribution in [0.4, 0.5) is 5.69 Å². The van der Waals surface area contributed by atoms with Gasteiger partial charge in [-0.05, 0) is 37.5 Å². The second-order valence-electron chi connectivity index (χ2n) is 8.33. The second kappa shape index (κ2) is 14.8. The molecule has 17 heteroatoms. The molecule has 37 heavy (non-hydrogen) atoms. The quantitative estimate of drug-likeness (QED) is 0.0722. The van der Waals surface area contributed by atoms with E-state index >= 15 is 0 Å². The normalized spacial score (nSPS) is 14.1. The van der Waals surface area contributed by atoms with E-state index < -0.39 is 50.6 Å². The monoisotopic (exact) mass is 606 g/mol. The number of nitrogens with two attached hydrogens (primary N) is 1. The highest BCUT2D eigenvalue weighted by atomic mass is 35.5. The number of halogens is 2. The van der Waals surface area contributed by atoms with Gasteiger partial charge in [-0.15, -0.1) is 23.2 Å². The fourth-order valence-corrected chi connectivity index (χ4v) is 5.97. The summed E-state index contributed by atoms with van der Waals surface area (Å²) < 4.78 is 22.7. The number of carbonyl (C=O) groups is 2. The summed E-state index contributed by atoms with van der Waals surface area (Å²) >= 11 is 11.7. The summed E-state index contributed by atoms with van der Waals surface area (Å²) in [4.78, 5) is 63.1. The van der Waals surface area contributed by atoms with Crippen LogP contribution in [0.3, 0.4) is 0 Å². The molecule has 2 amide bonds. The highest BCUT2D eigenvalue weighted by Crippen LogP contribution is 2.69. The molecule has 0 aliphatic rings. The third-order valence-corrected chi connectivity index (χ3v) is 9.69. The van der Waals surface area contributed by atoms with Crippen LogP contribution in [0.5, 0.6) is 0 Å². The molecule has 1 aromatic rings. The number of rotatable bonds is 16. The zero-order chi connectivity index (χ0) is 28.4. The van der Waals surface area contributed by atoms with Gasteiger partial charge in [0.1, 0.15) is 6.04 Å². The molecular weight excluding hydrogens is 573 g/mol. The maximum absolute atomic E-state index is 12.4.